The number of hydrogen-bond donors (Lipinski definition) is 0. The second-order valence-electron chi connectivity index (χ2n) is 3.25. The Kier molecular flexibility index (Phi) is 4.57. The van der Waals surface area contributed by atoms with Gasteiger partial charge in [-0.15, -0.1) is 0 Å². The summed E-state index contributed by atoms with van der Waals surface area (Å²) in [6, 6.07) is 0. The van der Waals surface area contributed by atoms with E-state index in [0.717, 1.165) is 11.1 Å². The molecule has 1 rings (SSSR count). The minimum atomic E-state index is -0.333. The van der Waals surface area contributed by atoms with Gasteiger partial charge in [-0.05, 0) is 12.0 Å². The second-order valence-corrected chi connectivity index (χ2v) is 3.25. The van der Waals surface area contributed by atoms with Crippen molar-refractivity contribution in [1.29, 1.82) is 0 Å². The average Bonchev–Trinajstić information content (AvgIpc) is 2.73. The molecule has 0 bridgehead atoms. The van der Waals surface area contributed by atoms with E-state index < -0.39 is 0 Å². The lowest BCUT2D eigenvalue weighted by molar-refractivity contribution is -0.141. The number of rotatable bonds is 5. The fourth-order valence-corrected chi connectivity index (χ4v) is 1.29. The van der Waals surface area contributed by atoms with E-state index in [9.17, 15) is 9.59 Å². The Morgan fingerprint density at radius 3 is 2.38 bits per heavy atom. The van der Waals surface area contributed by atoms with E-state index in [1.165, 1.54) is 26.7 Å². The molecule has 0 N–H and O–H groups in total. The van der Waals surface area contributed by atoms with E-state index in [1.54, 1.807) is 0 Å². The van der Waals surface area contributed by atoms with Crippen molar-refractivity contribution in [3.8, 4) is 0 Å². The fourth-order valence-electron chi connectivity index (χ4n) is 1.29. The van der Waals surface area contributed by atoms with Crippen LogP contribution in [-0.2, 0) is 31.9 Å². The normalized spacial score (nSPS) is 9.88. The molecule has 5 heteroatoms. The summed E-state index contributed by atoms with van der Waals surface area (Å²) in [7, 11) is 2.67. The predicted octanol–water partition coefficient (Wildman–Crippen LogP) is 1.10. The molecule has 0 fully saturated rings. The van der Waals surface area contributed by atoms with Crippen molar-refractivity contribution in [2.24, 2.45) is 0 Å². The molecule has 0 saturated heterocycles. The van der Waals surface area contributed by atoms with Crippen molar-refractivity contribution in [2.45, 2.75) is 19.3 Å². The van der Waals surface area contributed by atoms with Gasteiger partial charge in [0, 0.05) is 12.0 Å². The zero-order chi connectivity index (χ0) is 12.0. The third kappa shape index (κ3) is 3.42. The lowest BCUT2D eigenvalue weighted by atomic mass is 10.1. The van der Waals surface area contributed by atoms with Gasteiger partial charge in [0.15, 0.2) is 0 Å². The standard InChI is InChI=1S/C11H14O5/c1-14-10(12)4-3-8-6-16-7-9(8)5-11(13)15-2/h6-7H,3-5H2,1-2H3. The molecule has 1 aromatic heterocycles. The molecule has 0 amide bonds. The van der Waals surface area contributed by atoms with Crippen LogP contribution in [0, 0.1) is 0 Å². The highest BCUT2D eigenvalue weighted by Crippen LogP contribution is 2.14. The molecular weight excluding hydrogens is 212 g/mol. The van der Waals surface area contributed by atoms with E-state index >= 15 is 0 Å². The summed E-state index contributed by atoms with van der Waals surface area (Å²) in [5.41, 5.74) is 1.58. The molecule has 0 saturated carbocycles. The Morgan fingerprint density at radius 1 is 1.12 bits per heavy atom. The first-order valence-corrected chi connectivity index (χ1v) is 4.85. The number of furan rings is 1. The van der Waals surface area contributed by atoms with Crippen molar-refractivity contribution >= 4 is 11.9 Å². The van der Waals surface area contributed by atoms with Crippen LogP contribution in [-0.4, -0.2) is 26.2 Å². The summed E-state index contributed by atoms with van der Waals surface area (Å²) in [4.78, 5) is 22.0. The van der Waals surface area contributed by atoms with Crippen LogP contribution in [0.25, 0.3) is 0 Å². The molecule has 0 aliphatic heterocycles. The highest BCUT2D eigenvalue weighted by atomic mass is 16.5. The molecule has 0 spiro atoms. The zero-order valence-electron chi connectivity index (χ0n) is 9.32. The van der Waals surface area contributed by atoms with E-state index in [4.69, 9.17) is 4.42 Å². The number of esters is 2. The van der Waals surface area contributed by atoms with Gasteiger partial charge in [0.2, 0.25) is 0 Å². The van der Waals surface area contributed by atoms with Crippen molar-refractivity contribution in [3.05, 3.63) is 23.7 Å². The lowest BCUT2D eigenvalue weighted by Gasteiger charge is -2.01. The van der Waals surface area contributed by atoms with Gasteiger partial charge in [-0.25, -0.2) is 0 Å². The van der Waals surface area contributed by atoms with Gasteiger partial charge in [-0.2, -0.15) is 0 Å². The van der Waals surface area contributed by atoms with E-state index in [1.807, 2.05) is 0 Å². The van der Waals surface area contributed by atoms with Gasteiger partial charge in [0.05, 0.1) is 33.2 Å². The molecule has 0 unspecified atom stereocenters. The van der Waals surface area contributed by atoms with Gasteiger partial charge in [-0.3, -0.25) is 9.59 Å². The average molecular weight is 226 g/mol. The van der Waals surface area contributed by atoms with Crippen LogP contribution in [0.3, 0.4) is 0 Å². The van der Waals surface area contributed by atoms with Crippen molar-refractivity contribution in [3.63, 3.8) is 0 Å². The molecule has 0 aromatic carbocycles. The number of methoxy groups -OCH3 is 2. The van der Waals surface area contributed by atoms with Crippen LogP contribution >= 0.6 is 0 Å². The molecule has 5 nitrogen and oxygen atoms in total. The van der Waals surface area contributed by atoms with Crippen molar-refractivity contribution in [1.82, 2.24) is 0 Å². The van der Waals surface area contributed by atoms with E-state index in [-0.39, 0.29) is 24.8 Å². The van der Waals surface area contributed by atoms with Gasteiger partial charge in [0.1, 0.15) is 0 Å². The molecule has 1 aromatic rings. The number of carbonyl (C=O) groups excluding carboxylic acids is 2. The van der Waals surface area contributed by atoms with Crippen LogP contribution in [0.5, 0.6) is 0 Å². The summed E-state index contributed by atoms with van der Waals surface area (Å²) in [6.07, 6.45) is 3.94. The topological polar surface area (TPSA) is 65.7 Å². The minimum absolute atomic E-state index is 0.156. The van der Waals surface area contributed by atoms with E-state index in [2.05, 4.69) is 9.47 Å². The Morgan fingerprint density at radius 2 is 1.75 bits per heavy atom. The number of carbonyl (C=O) groups is 2. The maximum atomic E-state index is 11.1. The Hall–Kier alpha value is -1.78. The summed E-state index contributed by atoms with van der Waals surface area (Å²) in [5, 5.41) is 0. The Balaban J connectivity index is 2.56. The van der Waals surface area contributed by atoms with Gasteiger partial charge < -0.3 is 13.9 Å². The molecule has 16 heavy (non-hydrogen) atoms. The van der Waals surface area contributed by atoms with Crippen LogP contribution in [0.15, 0.2) is 16.9 Å². The minimum Gasteiger partial charge on any atom is -0.472 e. The maximum absolute atomic E-state index is 11.1. The molecule has 88 valence electrons. The molecule has 0 aliphatic carbocycles. The fraction of sp³-hybridized carbons (Fsp3) is 0.455. The smallest absolute Gasteiger partial charge is 0.310 e. The SMILES string of the molecule is COC(=O)CCc1cocc1CC(=O)OC. The highest BCUT2D eigenvalue weighted by Gasteiger charge is 2.12. The molecule has 0 atom stereocenters. The summed E-state index contributed by atoms with van der Waals surface area (Å²) >= 11 is 0. The first-order valence-electron chi connectivity index (χ1n) is 4.85. The third-order valence-electron chi connectivity index (χ3n) is 2.22. The number of ether oxygens (including phenoxy) is 2. The summed E-state index contributed by atoms with van der Waals surface area (Å²) in [5.74, 6) is -0.620. The predicted molar refractivity (Wildman–Crippen MR) is 54.8 cm³/mol. The van der Waals surface area contributed by atoms with Crippen LogP contribution < -0.4 is 0 Å². The first kappa shape index (κ1) is 12.3. The van der Waals surface area contributed by atoms with Crippen molar-refractivity contribution < 1.29 is 23.5 Å². The van der Waals surface area contributed by atoms with Crippen LogP contribution in [0.2, 0.25) is 0 Å². The largest absolute Gasteiger partial charge is 0.472 e. The van der Waals surface area contributed by atoms with Crippen LogP contribution in [0.1, 0.15) is 17.5 Å². The quantitative estimate of drug-likeness (QED) is 0.703. The van der Waals surface area contributed by atoms with Gasteiger partial charge in [-0.1, -0.05) is 0 Å². The van der Waals surface area contributed by atoms with Gasteiger partial charge in [0.25, 0.3) is 0 Å². The Labute approximate surface area is 93.3 Å². The van der Waals surface area contributed by atoms with Crippen molar-refractivity contribution in [2.75, 3.05) is 14.2 Å². The molecule has 0 aliphatic rings. The number of hydrogen-bond acceptors (Lipinski definition) is 5. The Bertz CT molecular complexity index is 366. The third-order valence-corrected chi connectivity index (χ3v) is 2.22. The highest BCUT2D eigenvalue weighted by molar-refractivity contribution is 5.73. The molecule has 0 radical (unpaired) electrons. The van der Waals surface area contributed by atoms with Crippen LogP contribution in [0.4, 0.5) is 0 Å². The number of aryl methyl sites for hydroxylation is 1. The second kappa shape index (κ2) is 5.95. The molecule has 1 heterocycles. The monoisotopic (exact) mass is 226 g/mol. The summed E-state index contributed by atoms with van der Waals surface area (Å²) < 4.78 is 14.1. The lowest BCUT2D eigenvalue weighted by Crippen LogP contribution is -2.07. The zero-order valence-corrected chi connectivity index (χ0v) is 9.32. The summed E-state index contributed by atoms with van der Waals surface area (Å²) in [6.45, 7) is 0. The molecular formula is C11H14O5. The van der Waals surface area contributed by atoms with E-state index in [0.29, 0.717) is 6.42 Å². The first-order chi connectivity index (χ1) is 7.67. The van der Waals surface area contributed by atoms with Gasteiger partial charge >= 0.3 is 11.9 Å². The maximum Gasteiger partial charge on any atom is 0.310 e.